The maximum atomic E-state index is 13.5. The molecule has 2 aromatic rings. The molecule has 0 unspecified atom stereocenters. The average Bonchev–Trinajstić information content (AvgIpc) is 2.50. The minimum absolute atomic E-state index is 0.00205. The molecule has 0 atom stereocenters. The Kier molecular flexibility index (Phi) is 5.23. The van der Waals surface area contributed by atoms with E-state index in [0.717, 1.165) is 18.2 Å². The van der Waals surface area contributed by atoms with E-state index in [9.17, 15) is 22.0 Å². The summed E-state index contributed by atoms with van der Waals surface area (Å²) < 4.78 is 53.0. The number of rotatable bonds is 6. The predicted molar refractivity (Wildman–Crippen MR) is 81.7 cm³/mol. The quantitative estimate of drug-likeness (QED) is 0.823. The van der Waals surface area contributed by atoms with Gasteiger partial charge in [-0.25, -0.2) is 21.9 Å². The van der Waals surface area contributed by atoms with Crippen LogP contribution in [0.15, 0.2) is 47.4 Å². The van der Waals surface area contributed by atoms with E-state index in [1.165, 1.54) is 31.2 Å². The molecule has 0 amide bonds. The van der Waals surface area contributed by atoms with E-state index < -0.39 is 21.7 Å². The predicted octanol–water partition coefficient (Wildman–Crippen LogP) is 2.69. The minimum atomic E-state index is -3.77. The maximum absolute atomic E-state index is 13.5. The van der Waals surface area contributed by atoms with Crippen molar-refractivity contribution in [2.24, 2.45) is 0 Å². The van der Waals surface area contributed by atoms with Crippen LogP contribution in [0.1, 0.15) is 22.8 Å². The van der Waals surface area contributed by atoms with Gasteiger partial charge in [0.1, 0.15) is 11.6 Å². The third-order valence-corrected chi connectivity index (χ3v) is 4.74. The van der Waals surface area contributed by atoms with Crippen molar-refractivity contribution in [3.63, 3.8) is 0 Å². The van der Waals surface area contributed by atoms with Gasteiger partial charge < -0.3 is 0 Å². The third kappa shape index (κ3) is 4.43. The molecule has 0 saturated heterocycles. The standard InChI is InChI=1S/C16H15F2NO3S/c1-11(20)12-2-5-15(6-3-12)23(21,22)19-9-8-13-10-14(17)4-7-16(13)18/h2-7,10,19H,8-9H2,1H3. The summed E-state index contributed by atoms with van der Waals surface area (Å²) in [5.41, 5.74) is 0.505. The van der Waals surface area contributed by atoms with E-state index in [2.05, 4.69) is 4.72 Å². The number of ketones is 1. The Bertz CT molecular complexity index is 818. The summed E-state index contributed by atoms with van der Waals surface area (Å²) in [7, 11) is -3.77. The van der Waals surface area contributed by atoms with E-state index in [1.807, 2.05) is 0 Å². The van der Waals surface area contributed by atoms with Crippen molar-refractivity contribution < 1.29 is 22.0 Å². The van der Waals surface area contributed by atoms with Crippen molar-refractivity contribution >= 4 is 15.8 Å². The van der Waals surface area contributed by atoms with Crippen LogP contribution >= 0.6 is 0 Å². The number of carbonyl (C=O) groups is 1. The Morgan fingerprint density at radius 1 is 1.09 bits per heavy atom. The molecule has 0 aromatic heterocycles. The number of hydrogen-bond donors (Lipinski definition) is 1. The Labute approximate surface area is 133 Å². The lowest BCUT2D eigenvalue weighted by atomic mass is 10.1. The molecule has 0 radical (unpaired) electrons. The topological polar surface area (TPSA) is 63.2 Å². The van der Waals surface area contributed by atoms with Gasteiger partial charge in [0.2, 0.25) is 10.0 Å². The summed E-state index contributed by atoms with van der Waals surface area (Å²) in [6, 6.07) is 8.51. The van der Waals surface area contributed by atoms with Crippen LogP contribution in [0.2, 0.25) is 0 Å². The summed E-state index contributed by atoms with van der Waals surface area (Å²) in [4.78, 5) is 11.2. The molecule has 122 valence electrons. The number of sulfonamides is 1. The van der Waals surface area contributed by atoms with Crippen LogP contribution in [-0.2, 0) is 16.4 Å². The van der Waals surface area contributed by atoms with Gasteiger partial charge in [-0.2, -0.15) is 0 Å². The van der Waals surface area contributed by atoms with Crippen LogP contribution < -0.4 is 4.72 Å². The molecule has 0 aliphatic carbocycles. The van der Waals surface area contributed by atoms with Crippen LogP contribution in [0.3, 0.4) is 0 Å². The van der Waals surface area contributed by atoms with Gasteiger partial charge in [-0.15, -0.1) is 0 Å². The number of nitrogens with one attached hydrogen (secondary N) is 1. The first-order valence-corrected chi connectivity index (χ1v) is 8.32. The Balaban J connectivity index is 2.04. The van der Waals surface area contributed by atoms with Gasteiger partial charge in [-0.3, -0.25) is 4.79 Å². The van der Waals surface area contributed by atoms with Gasteiger partial charge in [0, 0.05) is 12.1 Å². The number of halogens is 2. The minimum Gasteiger partial charge on any atom is -0.295 e. The normalized spacial score (nSPS) is 11.4. The summed E-state index contributed by atoms with van der Waals surface area (Å²) in [6.45, 7) is 1.31. The molecule has 1 N–H and O–H groups in total. The van der Waals surface area contributed by atoms with Gasteiger partial charge in [0.05, 0.1) is 4.90 Å². The highest BCUT2D eigenvalue weighted by atomic mass is 32.2. The van der Waals surface area contributed by atoms with Crippen molar-refractivity contribution in [2.75, 3.05) is 6.54 Å². The zero-order valence-electron chi connectivity index (χ0n) is 12.3. The van der Waals surface area contributed by atoms with Crippen LogP contribution in [0.4, 0.5) is 8.78 Å². The Morgan fingerprint density at radius 2 is 1.74 bits per heavy atom. The van der Waals surface area contributed by atoms with E-state index in [0.29, 0.717) is 5.56 Å². The molecule has 0 heterocycles. The second-order valence-electron chi connectivity index (χ2n) is 4.96. The number of hydrogen-bond acceptors (Lipinski definition) is 3. The van der Waals surface area contributed by atoms with Gasteiger partial charge in [0.15, 0.2) is 5.78 Å². The third-order valence-electron chi connectivity index (χ3n) is 3.27. The fourth-order valence-corrected chi connectivity index (χ4v) is 3.04. The molecule has 0 fully saturated rings. The largest absolute Gasteiger partial charge is 0.295 e. The highest BCUT2D eigenvalue weighted by molar-refractivity contribution is 7.89. The lowest BCUT2D eigenvalue weighted by Gasteiger charge is -2.08. The molecule has 0 spiro atoms. The number of benzene rings is 2. The van der Waals surface area contributed by atoms with Crippen molar-refractivity contribution in [3.8, 4) is 0 Å². The fourth-order valence-electron chi connectivity index (χ4n) is 2.01. The second kappa shape index (κ2) is 6.97. The first-order chi connectivity index (χ1) is 10.8. The molecule has 23 heavy (non-hydrogen) atoms. The lowest BCUT2D eigenvalue weighted by Crippen LogP contribution is -2.26. The molecule has 0 aliphatic rings. The molecular formula is C16H15F2NO3S. The smallest absolute Gasteiger partial charge is 0.240 e. The van der Waals surface area contributed by atoms with Gasteiger partial charge in [-0.05, 0) is 49.2 Å². The number of Topliss-reactive ketones (excluding diaryl/α,β-unsaturated/α-hetero) is 1. The molecule has 0 bridgehead atoms. The number of carbonyl (C=O) groups excluding carboxylic acids is 1. The zero-order valence-corrected chi connectivity index (χ0v) is 13.2. The monoisotopic (exact) mass is 339 g/mol. The van der Waals surface area contributed by atoms with E-state index in [-0.39, 0.29) is 29.2 Å². The summed E-state index contributed by atoms with van der Waals surface area (Å²) >= 11 is 0. The molecule has 0 aliphatic heterocycles. The molecule has 2 aromatic carbocycles. The molecule has 0 saturated carbocycles. The van der Waals surface area contributed by atoms with Gasteiger partial charge in [0.25, 0.3) is 0 Å². The molecule has 2 rings (SSSR count). The summed E-state index contributed by atoms with van der Waals surface area (Å²) in [5.74, 6) is -1.33. The summed E-state index contributed by atoms with van der Waals surface area (Å²) in [6.07, 6.45) is 0.0222. The van der Waals surface area contributed by atoms with Gasteiger partial charge in [-0.1, -0.05) is 12.1 Å². The molecule has 4 nitrogen and oxygen atoms in total. The summed E-state index contributed by atoms with van der Waals surface area (Å²) in [5, 5.41) is 0. The van der Waals surface area contributed by atoms with Crippen LogP contribution in [0, 0.1) is 11.6 Å². The second-order valence-corrected chi connectivity index (χ2v) is 6.73. The molecule has 7 heteroatoms. The Morgan fingerprint density at radius 3 is 2.35 bits per heavy atom. The van der Waals surface area contributed by atoms with Crippen molar-refractivity contribution in [1.29, 1.82) is 0 Å². The van der Waals surface area contributed by atoms with Crippen LogP contribution in [0.5, 0.6) is 0 Å². The lowest BCUT2D eigenvalue weighted by molar-refractivity contribution is 0.101. The zero-order chi connectivity index (χ0) is 17.0. The van der Waals surface area contributed by atoms with Crippen molar-refractivity contribution in [3.05, 3.63) is 65.2 Å². The highest BCUT2D eigenvalue weighted by Gasteiger charge is 2.14. The first-order valence-electron chi connectivity index (χ1n) is 6.84. The SMILES string of the molecule is CC(=O)c1ccc(S(=O)(=O)NCCc2cc(F)ccc2F)cc1. The maximum Gasteiger partial charge on any atom is 0.240 e. The average molecular weight is 339 g/mol. The first kappa shape index (κ1) is 17.2. The van der Waals surface area contributed by atoms with Crippen molar-refractivity contribution in [1.82, 2.24) is 4.72 Å². The van der Waals surface area contributed by atoms with Crippen LogP contribution in [-0.4, -0.2) is 20.7 Å². The van der Waals surface area contributed by atoms with E-state index in [1.54, 1.807) is 0 Å². The van der Waals surface area contributed by atoms with Gasteiger partial charge >= 0.3 is 0 Å². The highest BCUT2D eigenvalue weighted by Crippen LogP contribution is 2.12. The van der Waals surface area contributed by atoms with Crippen LogP contribution in [0.25, 0.3) is 0 Å². The fraction of sp³-hybridized carbons (Fsp3) is 0.188. The van der Waals surface area contributed by atoms with Crippen molar-refractivity contribution in [2.45, 2.75) is 18.2 Å². The molecular weight excluding hydrogens is 324 g/mol. The Hall–Kier alpha value is -2.12. The van der Waals surface area contributed by atoms with E-state index in [4.69, 9.17) is 0 Å². The van der Waals surface area contributed by atoms with E-state index >= 15 is 0 Å².